The molecule has 0 spiro atoms. The van der Waals surface area contributed by atoms with E-state index in [4.69, 9.17) is 18.6 Å². The monoisotopic (exact) mass is 346 g/mol. The van der Waals surface area contributed by atoms with Crippen LogP contribution in [0, 0.1) is 26.6 Å². The van der Waals surface area contributed by atoms with E-state index < -0.39 is 0 Å². The number of H-pyrrole nitrogens is 2. The molecule has 0 atom stereocenters. The number of hydrogen-bond donors (Lipinski definition) is 2. The number of aromatic amines is 2. The predicted octanol–water partition coefficient (Wildman–Crippen LogP) is 0.667. The van der Waals surface area contributed by atoms with Crippen LogP contribution in [-0.2, 0) is 39.7 Å². The maximum atomic E-state index is 7.50. The van der Waals surface area contributed by atoms with Crippen LogP contribution in [0.15, 0.2) is 37.4 Å². The van der Waals surface area contributed by atoms with Gasteiger partial charge < -0.3 is 9.97 Å². The van der Waals surface area contributed by atoms with E-state index in [2.05, 4.69) is 46.5 Å². The molecule has 0 aromatic carbocycles. The summed E-state index contributed by atoms with van der Waals surface area (Å²) in [5, 5.41) is 0. The maximum Gasteiger partial charge on any atom is 0.0919 e. The molecular weight excluding hydrogens is 336 g/mol. The summed E-state index contributed by atoms with van der Waals surface area (Å²) in [4.78, 5) is 12.8. The minimum atomic E-state index is 0. The molecule has 0 aliphatic rings. The van der Waals surface area contributed by atoms with Gasteiger partial charge in [0.05, 0.1) is 12.7 Å². The van der Waals surface area contributed by atoms with E-state index in [0.717, 1.165) is 0 Å². The average molecular weight is 344 g/mol. The molecule has 19 heavy (non-hydrogen) atoms. The molecular formula is C10H8MoN4O4. The normalized spacial score (nSPS) is 4.63. The van der Waals surface area contributed by atoms with Crippen molar-refractivity contribution in [3.05, 3.63) is 64.0 Å². The van der Waals surface area contributed by atoms with E-state index in [-0.39, 0.29) is 21.1 Å². The Balaban J connectivity index is -0.0000000443. The Hall–Kier alpha value is -1.93. The molecule has 0 bridgehead atoms. The fourth-order valence-corrected chi connectivity index (χ4v) is 0.430. The van der Waals surface area contributed by atoms with Crippen molar-refractivity contribution in [2.24, 2.45) is 0 Å². The Bertz CT molecular complexity index is 282. The van der Waals surface area contributed by atoms with Crippen LogP contribution < -0.4 is 0 Å². The second kappa shape index (κ2) is 56.0. The van der Waals surface area contributed by atoms with Gasteiger partial charge in [-0.25, -0.2) is 9.97 Å². The Labute approximate surface area is 124 Å². The zero-order valence-corrected chi connectivity index (χ0v) is 11.4. The summed E-state index contributed by atoms with van der Waals surface area (Å²) in [6.07, 6.45) is 10.2. The van der Waals surface area contributed by atoms with Crippen LogP contribution in [0.2, 0.25) is 0 Å². The molecule has 98 valence electrons. The maximum absolute atomic E-state index is 7.50. The number of imidazole rings is 2. The van der Waals surface area contributed by atoms with Crippen molar-refractivity contribution in [2.45, 2.75) is 0 Å². The van der Waals surface area contributed by atoms with Gasteiger partial charge in [0.25, 0.3) is 0 Å². The molecule has 2 aromatic heterocycles. The third kappa shape index (κ3) is 48.9. The first-order valence-electron chi connectivity index (χ1n) is 3.67. The van der Waals surface area contributed by atoms with Crippen LogP contribution >= 0.6 is 0 Å². The molecule has 0 saturated carbocycles. The van der Waals surface area contributed by atoms with E-state index >= 15 is 0 Å². The van der Waals surface area contributed by atoms with Gasteiger partial charge in [0.1, 0.15) is 0 Å². The third-order valence-electron chi connectivity index (χ3n) is 0.812. The molecule has 2 heterocycles. The first kappa shape index (κ1) is 30.3. The van der Waals surface area contributed by atoms with Gasteiger partial charge in [-0.3, -0.25) is 0 Å². The van der Waals surface area contributed by atoms with Crippen molar-refractivity contribution < 1.29 is 39.7 Å². The molecule has 9 heteroatoms. The van der Waals surface area contributed by atoms with Crippen molar-refractivity contribution in [1.29, 1.82) is 0 Å². The summed E-state index contributed by atoms with van der Waals surface area (Å²) in [5.41, 5.74) is 0. The molecule has 0 radical (unpaired) electrons. The largest absolute Gasteiger partial charge is 0.351 e. The Morgan fingerprint density at radius 1 is 0.632 bits per heavy atom. The summed E-state index contributed by atoms with van der Waals surface area (Å²) >= 11 is 0. The summed E-state index contributed by atoms with van der Waals surface area (Å²) in [7, 11) is 0. The molecule has 8 nitrogen and oxygen atoms in total. The van der Waals surface area contributed by atoms with Gasteiger partial charge in [0.15, 0.2) is 0 Å². The second-order valence-corrected chi connectivity index (χ2v) is 1.52. The topological polar surface area (TPSA) is 137 Å². The fraction of sp³-hybridized carbons (Fsp3) is 0. The number of nitrogens with one attached hydrogen (secondary N) is 2. The predicted molar refractivity (Wildman–Crippen MR) is 52.9 cm³/mol. The SMILES string of the molecule is [C-]#[O+].[C-]#[O+].[C-]#[O+].[C-]#[O+].[Mo].c1c[nH]cn1.c1c[nH]cn1. The summed E-state index contributed by atoms with van der Waals surface area (Å²) < 4.78 is 30.0. The van der Waals surface area contributed by atoms with E-state index in [0.29, 0.717) is 0 Å². The molecule has 0 saturated heterocycles. The van der Waals surface area contributed by atoms with E-state index in [1.165, 1.54) is 0 Å². The molecule has 0 aliphatic heterocycles. The standard InChI is InChI=1S/2C3H4N2.4CO.Mo/c2*1-2-5-3-4-1;4*1-2;/h2*1-3H,(H,4,5);;;;;. The van der Waals surface area contributed by atoms with Crippen molar-refractivity contribution in [3.63, 3.8) is 0 Å². The Morgan fingerprint density at radius 2 is 0.895 bits per heavy atom. The summed E-state index contributed by atoms with van der Waals surface area (Å²) in [6, 6.07) is 0. The van der Waals surface area contributed by atoms with Gasteiger partial charge in [-0.1, -0.05) is 0 Å². The molecule has 0 aliphatic carbocycles. The van der Waals surface area contributed by atoms with Crippen LogP contribution in [0.5, 0.6) is 0 Å². The first-order chi connectivity index (χ1) is 9.00. The van der Waals surface area contributed by atoms with Gasteiger partial charge in [0.2, 0.25) is 0 Å². The van der Waals surface area contributed by atoms with Gasteiger partial charge >= 0.3 is 45.2 Å². The minimum absolute atomic E-state index is 0. The smallest absolute Gasteiger partial charge is 0.0919 e. The van der Waals surface area contributed by atoms with Crippen molar-refractivity contribution in [2.75, 3.05) is 0 Å². The van der Waals surface area contributed by atoms with E-state index in [9.17, 15) is 0 Å². The third-order valence-corrected chi connectivity index (χ3v) is 0.812. The Morgan fingerprint density at radius 3 is 0.947 bits per heavy atom. The Kier molecular flexibility index (Phi) is 89.3. The number of rotatable bonds is 0. The van der Waals surface area contributed by atoms with E-state index in [1.54, 1.807) is 37.4 Å². The van der Waals surface area contributed by atoms with Crippen molar-refractivity contribution in [1.82, 2.24) is 19.9 Å². The first-order valence-corrected chi connectivity index (χ1v) is 3.67. The quantitative estimate of drug-likeness (QED) is 0.412. The number of hydrogen-bond acceptors (Lipinski definition) is 2. The molecule has 2 rings (SSSR count). The average Bonchev–Trinajstić information content (AvgIpc) is 3.25. The second-order valence-electron chi connectivity index (χ2n) is 1.52. The molecule has 2 aromatic rings. The van der Waals surface area contributed by atoms with Crippen LogP contribution in [0.4, 0.5) is 0 Å². The molecule has 2 N–H and O–H groups in total. The van der Waals surface area contributed by atoms with Gasteiger partial charge in [0, 0.05) is 45.9 Å². The van der Waals surface area contributed by atoms with Crippen LogP contribution in [0.3, 0.4) is 0 Å². The number of nitrogens with zero attached hydrogens (tertiary/aromatic N) is 2. The van der Waals surface area contributed by atoms with Crippen LogP contribution in [0.25, 0.3) is 0 Å². The fourth-order valence-electron chi connectivity index (χ4n) is 0.430. The van der Waals surface area contributed by atoms with Gasteiger partial charge in [-0.15, -0.1) is 0 Å². The minimum Gasteiger partial charge on any atom is -0.351 e. The number of aromatic nitrogens is 4. The summed E-state index contributed by atoms with van der Waals surface area (Å²) in [6.45, 7) is 18.0. The molecule has 0 amide bonds. The van der Waals surface area contributed by atoms with Crippen LogP contribution in [0.1, 0.15) is 0 Å². The zero-order valence-electron chi connectivity index (χ0n) is 9.40. The molecule has 0 unspecified atom stereocenters. The van der Waals surface area contributed by atoms with Crippen molar-refractivity contribution >= 4 is 0 Å². The zero-order chi connectivity index (χ0) is 15.1. The van der Waals surface area contributed by atoms with E-state index in [1.807, 2.05) is 0 Å². The van der Waals surface area contributed by atoms with Gasteiger partial charge in [-0.05, 0) is 0 Å². The van der Waals surface area contributed by atoms with Crippen molar-refractivity contribution in [3.8, 4) is 0 Å². The molecule has 0 fully saturated rings. The van der Waals surface area contributed by atoms with Crippen LogP contribution in [-0.4, -0.2) is 19.9 Å². The summed E-state index contributed by atoms with van der Waals surface area (Å²) in [5.74, 6) is 0. The van der Waals surface area contributed by atoms with Gasteiger partial charge in [-0.2, -0.15) is 0 Å².